The molecule has 2 aromatic rings. The molecule has 3 aliphatic rings. The summed E-state index contributed by atoms with van der Waals surface area (Å²) < 4.78 is 5.89. The molecule has 1 heterocycles. The molecule has 3 fully saturated rings. The highest BCUT2D eigenvalue weighted by Crippen LogP contribution is 2.56. The van der Waals surface area contributed by atoms with Gasteiger partial charge in [0, 0.05) is 37.0 Å². The van der Waals surface area contributed by atoms with Gasteiger partial charge in [-0.15, -0.1) is 0 Å². The zero-order chi connectivity index (χ0) is 23.0. The number of benzene rings is 1. The SMILES string of the molecule is CCc1ccc(CCOc2ccc(C(=O)N(C)C3CCC4CC5CC(O)(C4)CC53)cc2)nc1. The normalized spacial score (nSPS) is 30.2. The van der Waals surface area contributed by atoms with E-state index in [4.69, 9.17) is 4.74 Å². The largest absolute Gasteiger partial charge is 0.493 e. The predicted molar refractivity (Wildman–Crippen MR) is 128 cm³/mol. The van der Waals surface area contributed by atoms with Crippen LogP contribution in [0.15, 0.2) is 42.6 Å². The van der Waals surface area contributed by atoms with E-state index in [1.165, 1.54) is 12.0 Å². The van der Waals surface area contributed by atoms with Crippen molar-refractivity contribution in [3.63, 3.8) is 0 Å². The van der Waals surface area contributed by atoms with Crippen LogP contribution in [0, 0.1) is 17.8 Å². The number of hydrogen-bond acceptors (Lipinski definition) is 4. The Morgan fingerprint density at radius 3 is 2.70 bits per heavy atom. The van der Waals surface area contributed by atoms with E-state index in [9.17, 15) is 9.90 Å². The fourth-order valence-electron chi connectivity index (χ4n) is 6.71. The van der Waals surface area contributed by atoms with Gasteiger partial charge in [0.2, 0.25) is 0 Å². The Bertz CT molecular complexity index is 974. The number of aromatic nitrogens is 1. The van der Waals surface area contributed by atoms with Gasteiger partial charge in [0.1, 0.15) is 5.75 Å². The van der Waals surface area contributed by atoms with Crippen LogP contribution < -0.4 is 4.74 Å². The van der Waals surface area contributed by atoms with Gasteiger partial charge in [-0.25, -0.2) is 0 Å². The third-order valence-corrected chi connectivity index (χ3v) is 8.37. The van der Waals surface area contributed by atoms with Crippen LogP contribution in [-0.2, 0) is 12.8 Å². The molecule has 0 saturated heterocycles. The van der Waals surface area contributed by atoms with Crippen molar-refractivity contribution in [3.8, 4) is 5.75 Å². The number of carbonyl (C=O) groups is 1. The quantitative estimate of drug-likeness (QED) is 0.669. The molecule has 5 rings (SSSR count). The lowest BCUT2D eigenvalue weighted by Gasteiger charge is -2.36. The second kappa shape index (κ2) is 9.09. The number of carbonyl (C=O) groups excluding carboxylic acids is 1. The zero-order valence-corrected chi connectivity index (χ0v) is 19.9. The molecule has 3 aliphatic carbocycles. The summed E-state index contributed by atoms with van der Waals surface area (Å²) in [6.45, 7) is 2.68. The van der Waals surface area contributed by atoms with Crippen LogP contribution in [0.1, 0.15) is 67.1 Å². The van der Waals surface area contributed by atoms with Crippen LogP contribution in [0.25, 0.3) is 0 Å². The van der Waals surface area contributed by atoms with Crippen molar-refractivity contribution < 1.29 is 14.6 Å². The lowest BCUT2D eigenvalue weighted by molar-refractivity contribution is -0.00803. The molecule has 0 aliphatic heterocycles. The maximum atomic E-state index is 13.3. The minimum absolute atomic E-state index is 0.0694. The maximum Gasteiger partial charge on any atom is 0.253 e. The minimum atomic E-state index is -0.479. The van der Waals surface area contributed by atoms with Gasteiger partial charge >= 0.3 is 0 Å². The summed E-state index contributed by atoms with van der Waals surface area (Å²) in [7, 11) is 1.95. The third-order valence-electron chi connectivity index (χ3n) is 8.37. The van der Waals surface area contributed by atoms with Gasteiger partial charge in [-0.1, -0.05) is 13.0 Å². The zero-order valence-electron chi connectivity index (χ0n) is 19.9. The van der Waals surface area contributed by atoms with E-state index in [0.717, 1.165) is 56.4 Å². The van der Waals surface area contributed by atoms with Crippen LogP contribution in [-0.4, -0.2) is 46.2 Å². The summed E-state index contributed by atoms with van der Waals surface area (Å²) in [6, 6.07) is 11.9. The molecule has 5 unspecified atom stereocenters. The van der Waals surface area contributed by atoms with Crippen molar-refractivity contribution in [3.05, 3.63) is 59.4 Å². The van der Waals surface area contributed by atoms with Gasteiger partial charge in [0.15, 0.2) is 0 Å². The number of ether oxygens (including phenoxy) is 1. The highest BCUT2D eigenvalue weighted by atomic mass is 16.5. The Kier molecular flexibility index (Phi) is 6.17. The molecule has 5 atom stereocenters. The third kappa shape index (κ3) is 4.65. The maximum absolute atomic E-state index is 13.3. The van der Waals surface area contributed by atoms with E-state index in [1.807, 2.05) is 42.4 Å². The van der Waals surface area contributed by atoms with E-state index < -0.39 is 5.60 Å². The van der Waals surface area contributed by atoms with Crippen molar-refractivity contribution in [2.45, 2.75) is 69.9 Å². The molecule has 176 valence electrons. The summed E-state index contributed by atoms with van der Waals surface area (Å²) in [6.07, 6.45) is 9.84. The Morgan fingerprint density at radius 2 is 1.97 bits per heavy atom. The minimum Gasteiger partial charge on any atom is -0.493 e. The number of nitrogens with zero attached hydrogens (tertiary/aromatic N) is 2. The van der Waals surface area contributed by atoms with Gasteiger partial charge in [0.25, 0.3) is 5.91 Å². The van der Waals surface area contributed by atoms with Crippen LogP contribution in [0.3, 0.4) is 0 Å². The lowest BCUT2D eigenvalue weighted by Crippen LogP contribution is -2.43. The molecule has 3 saturated carbocycles. The molecule has 5 nitrogen and oxygen atoms in total. The Balaban J connectivity index is 1.18. The fourth-order valence-corrected chi connectivity index (χ4v) is 6.71. The lowest BCUT2D eigenvalue weighted by atomic mass is 9.77. The first-order chi connectivity index (χ1) is 15.9. The van der Waals surface area contributed by atoms with E-state index in [1.54, 1.807) is 0 Å². The molecule has 0 radical (unpaired) electrons. The second-order valence-corrected chi connectivity index (χ2v) is 10.6. The van der Waals surface area contributed by atoms with Crippen LogP contribution in [0.2, 0.25) is 0 Å². The first kappa shape index (κ1) is 22.4. The van der Waals surface area contributed by atoms with Gasteiger partial charge in [-0.2, -0.15) is 0 Å². The summed E-state index contributed by atoms with van der Waals surface area (Å²) in [5.74, 6) is 2.47. The topological polar surface area (TPSA) is 62.7 Å². The molecule has 1 N–H and O–H groups in total. The van der Waals surface area contributed by atoms with Gasteiger partial charge in [0.05, 0.1) is 12.2 Å². The van der Waals surface area contributed by atoms with Gasteiger partial charge in [-0.3, -0.25) is 9.78 Å². The van der Waals surface area contributed by atoms with Crippen molar-refractivity contribution in [1.82, 2.24) is 9.88 Å². The fraction of sp³-hybridized carbons (Fsp3) is 0.571. The summed E-state index contributed by atoms with van der Waals surface area (Å²) in [4.78, 5) is 19.7. The predicted octanol–water partition coefficient (Wildman–Crippen LogP) is 4.67. The van der Waals surface area contributed by atoms with E-state index >= 15 is 0 Å². The number of aryl methyl sites for hydroxylation is 1. The van der Waals surface area contributed by atoms with Crippen LogP contribution in [0.4, 0.5) is 0 Å². The standard InChI is InChI=1S/C28H36N2O3/c1-3-19-4-8-23(29-18-19)12-13-33-24-9-6-21(7-10-24)27(31)30(2)26-11-5-20-14-22-16-28(32,15-20)17-25(22)26/h4,6-10,18,20,22,25-26,32H,3,5,11-17H2,1-2H3. The molecule has 1 aromatic heterocycles. The Labute approximate surface area is 197 Å². The van der Waals surface area contributed by atoms with Crippen molar-refractivity contribution in [2.24, 2.45) is 17.8 Å². The van der Waals surface area contributed by atoms with Crippen molar-refractivity contribution in [1.29, 1.82) is 0 Å². The Hall–Kier alpha value is -2.40. The number of hydrogen-bond donors (Lipinski definition) is 1. The van der Waals surface area contributed by atoms with E-state index in [2.05, 4.69) is 24.0 Å². The molecular weight excluding hydrogens is 412 g/mol. The van der Waals surface area contributed by atoms with E-state index in [0.29, 0.717) is 29.9 Å². The van der Waals surface area contributed by atoms with Gasteiger partial charge in [-0.05, 0) is 98.6 Å². The van der Waals surface area contributed by atoms with Crippen LogP contribution in [0.5, 0.6) is 5.75 Å². The first-order valence-electron chi connectivity index (χ1n) is 12.6. The summed E-state index contributed by atoms with van der Waals surface area (Å²) in [5.41, 5.74) is 2.48. The number of rotatable bonds is 7. The van der Waals surface area contributed by atoms with Crippen LogP contribution >= 0.6 is 0 Å². The highest BCUT2D eigenvalue weighted by molar-refractivity contribution is 5.94. The second-order valence-electron chi connectivity index (χ2n) is 10.6. The Morgan fingerprint density at radius 1 is 1.15 bits per heavy atom. The number of aliphatic hydroxyl groups is 1. The van der Waals surface area contributed by atoms with Crippen molar-refractivity contribution in [2.75, 3.05) is 13.7 Å². The average molecular weight is 449 g/mol. The number of fused-ring (bicyclic) bond motifs is 2. The molecule has 33 heavy (non-hydrogen) atoms. The number of amides is 1. The monoisotopic (exact) mass is 448 g/mol. The molecule has 3 bridgehead atoms. The van der Waals surface area contributed by atoms with E-state index in [-0.39, 0.29) is 11.9 Å². The molecule has 1 aromatic carbocycles. The summed E-state index contributed by atoms with van der Waals surface area (Å²) >= 11 is 0. The number of pyridine rings is 1. The first-order valence-corrected chi connectivity index (χ1v) is 12.6. The smallest absolute Gasteiger partial charge is 0.253 e. The molecule has 5 heteroatoms. The molecular formula is C28H36N2O3. The molecule has 0 spiro atoms. The highest BCUT2D eigenvalue weighted by Gasteiger charge is 2.54. The molecule has 1 amide bonds. The summed E-state index contributed by atoms with van der Waals surface area (Å²) in [5, 5.41) is 11.0. The van der Waals surface area contributed by atoms with Gasteiger partial charge < -0.3 is 14.7 Å². The average Bonchev–Trinajstić information content (AvgIpc) is 2.99. The van der Waals surface area contributed by atoms with Crippen molar-refractivity contribution >= 4 is 5.91 Å².